The Morgan fingerprint density at radius 3 is 1.78 bits per heavy atom. The van der Waals surface area contributed by atoms with Crippen molar-refractivity contribution in [3.8, 4) is 5.75 Å². The summed E-state index contributed by atoms with van der Waals surface area (Å²) in [6.45, 7) is 7.11. The predicted molar refractivity (Wildman–Crippen MR) is 169 cm³/mol. The number of nitrogens with zero attached hydrogens (tertiary/aromatic N) is 1. The molecule has 0 aromatic heterocycles. The molecule has 0 aliphatic heterocycles. The van der Waals surface area contributed by atoms with E-state index in [1.54, 1.807) is 12.1 Å². The Morgan fingerprint density at radius 1 is 0.822 bits per heavy atom. The maximum Gasteiger partial charge on any atom is 0.243 e. The molecule has 0 fully saturated rings. The highest BCUT2D eigenvalue weighted by atomic mass is 16.3. The van der Waals surface area contributed by atoms with Gasteiger partial charge < -0.3 is 53.5 Å². The minimum atomic E-state index is -1.27. The van der Waals surface area contributed by atoms with Gasteiger partial charge in [-0.1, -0.05) is 39.8 Å². The average Bonchev–Trinajstić information content (AvgIpc) is 2.97. The number of carbonyl (C=O) groups excluding carboxylic acids is 5. The third-order valence-corrected chi connectivity index (χ3v) is 6.68. The lowest BCUT2D eigenvalue weighted by atomic mass is 9.99. The molecular weight excluding hydrogens is 584 g/mol. The molecule has 12 N–H and O–H groups in total. The number of aliphatic hydroxyl groups excluding tert-OH is 1. The molecule has 15 heteroatoms. The van der Waals surface area contributed by atoms with Gasteiger partial charge in [-0.05, 0) is 55.2 Å². The Bertz CT molecular complexity index is 1140. The first-order valence-electron chi connectivity index (χ1n) is 15.0. The molecule has 0 saturated heterocycles. The van der Waals surface area contributed by atoms with E-state index in [1.165, 1.54) is 12.1 Å². The van der Waals surface area contributed by atoms with Crippen LogP contribution in [-0.4, -0.2) is 89.4 Å². The van der Waals surface area contributed by atoms with E-state index in [1.807, 2.05) is 27.7 Å². The number of benzene rings is 1. The Kier molecular flexibility index (Phi) is 17.2. The molecule has 0 saturated carbocycles. The number of hydrogen-bond donors (Lipinski definition) is 9. The molecule has 1 rings (SSSR count). The first kappa shape index (κ1) is 38.8. The molecule has 1 aromatic carbocycles. The largest absolute Gasteiger partial charge is 0.508 e. The van der Waals surface area contributed by atoms with Gasteiger partial charge in [0.25, 0.3) is 0 Å². The second kappa shape index (κ2) is 19.9. The Labute approximate surface area is 264 Å². The van der Waals surface area contributed by atoms with Crippen LogP contribution < -0.4 is 38.5 Å². The average molecular weight is 635 g/mol. The zero-order valence-corrected chi connectivity index (χ0v) is 26.5. The van der Waals surface area contributed by atoms with Gasteiger partial charge in [-0.3, -0.25) is 24.2 Å². The Balaban J connectivity index is 3.14. The molecule has 0 aliphatic rings. The lowest BCUT2D eigenvalue weighted by Gasteiger charge is -2.27. The van der Waals surface area contributed by atoms with Crippen molar-refractivity contribution >= 4 is 35.9 Å². The van der Waals surface area contributed by atoms with Crippen molar-refractivity contribution in [2.75, 3.05) is 13.2 Å². The fourth-order valence-corrected chi connectivity index (χ4v) is 4.37. The lowest BCUT2D eigenvalue weighted by Crippen LogP contribution is -2.59. The van der Waals surface area contributed by atoms with Gasteiger partial charge in [-0.2, -0.15) is 0 Å². The molecule has 1 aromatic rings. The maximum atomic E-state index is 13.6. The van der Waals surface area contributed by atoms with Crippen LogP contribution in [0.15, 0.2) is 29.3 Å². The number of hydrogen-bond acceptors (Lipinski definition) is 9. The second-order valence-corrected chi connectivity index (χ2v) is 11.8. The molecule has 15 nitrogen and oxygen atoms in total. The first-order chi connectivity index (χ1) is 21.2. The van der Waals surface area contributed by atoms with E-state index in [4.69, 9.17) is 17.2 Å². The molecule has 0 heterocycles. The van der Waals surface area contributed by atoms with Gasteiger partial charge >= 0.3 is 0 Å². The van der Waals surface area contributed by atoms with Crippen LogP contribution in [0.2, 0.25) is 0 Å². The number of phenols is 1. The molecular formula is C30H50N8O7. The predicted octanol–water partition coefficient (Wildman–Crippen LogP) is -1.46. The number of rotatable bonds is 20. The summed E-state index contributed by atoms with van der Waals surface area (Å²) < 4.78 is 0. The van der Waals surface area contributed by atoms with Gasteiger partial charge in [0.2, 0.25) is 23.6 Å². The summed E-state index contributed by atoms with van der Waals surface area (Å²) >= 11 is 0. The highest BCUT2D eigenvalue weighted by Crippen LogP contribution is 2.13. The number of aldehydes is 1. The monoisotopic (exact) mass is 634 g/mol. The molecule has 0 bridgehead atoms. The number of nitrogens with two attached hydrogens (primary N) is 3. The fourth-order valence-electron chi connectivity index (χ4n) is 4.37. The van der Waals surface area contributed by atoms with E-state index < -0.39 is 60.4 Å². The summed E-state index contributed by atoms with van der Waals surface area (Å²) in [7, 11) is 0. The van der Waals surface area contributed by atoms with Gasteiger partial charge in [0.05, 0.1) is 12.6 Å². The third-order valence-electron chi connectivity index (χ3n) is 6.68. The molecule has 0 spiro atoms. The van der Waals surface area contributed by atoms with Crippen LogP contribution in [0, 0.1) is 11.8 Å². The number of phenolic OH excluding ortho intramolecular Hbond substituents is 1. The van der Waals surface area contributed by atoms with Crippen LogP contribution in [0.5, 0.6) is 5.75 Å². The number of aliphatic imine (C=N–C) groups is 1. The molecule has 0 aliphatic carbocycles. The smallest absolute Gasteiger partial charge is 0.243 e. The number of carbonyl (C=O) groups is 5. The topological polar surface area (TPSA) is 264 Å². The summed E-state index contributed by atoms with van der Waals surface area (Å²) in [5.41, 5.74) is 16.9. The number of amides is 4. The van der Waals surface area contributed by atoms with E-state index in [9.17, 15) is 34.2 Å². The normalized spacial score (nSPS) is 14.4. The summed E-state index contributed by atoms with van der Waals surface area (Å²) in [5.74, 6) is -2.73. The van der Waals surface area contributed by atoms with E-state index in [0.29, 0.717) is 18.3 Å². The van der Waals surface area contributed by atoms with Crippen molar-refractivity contribution in [1.29, 1.82) is 0 Å². The molecule has 0 radical (unpaired) electrons. The van der Waals surface area contributed by atoms with E-state index in [-0.39, 0.29) is 55.8 Å². The van der Waals surface area contributed by atoms with E-state index >= 15 is 0 Å². The number of guanidine groups is 1. The molecule has 5 atom stereocenters. The standard InChI is InChI=1S/C30H50N8O7/c1-17(2)12-23(27(43)35-20(15-39)6-5-11-34-30(32)33)37-28(44)24(13-18(3)4)38-29(45)25(36-26(42)22(31)16-40)14-19-7-9-21(41)10-8-19/h7-10,15,17-18,20,22-25,40-41H,5-6,11-14,16,31H2,1-4H3,(H,35,43)(H,36,42)(H,37,44)(H,38,45)(H4,32,33,34)/t20-,22-,23-,24+,25-/m0/s1. The summed E-state index contributed by atoms with van der Waals surface area (Å²) in [4.78, 5) is 68.3. The van der Waals surface area contributed by atoms with Crippen molar-refractivity contribution in [3.63, 3.8) is 0 Å². The quantitative estimate of drug-likeness (QED) is 0.0348. The van der Waals surface area contributed by atoms with Crippen molar-refractivity contribution in [1.82, 2.24) is 21.3 Å². The number of aromatic hydroxyl groups is 1. The molecule has 4 amide bonds. The van der Waals surface area contributed by atoms with E-state index in [2.05, 4.69) is 26.3 Å². The Morgan fingerprint density at radius 2 is 1.31 bits per heavy atom. The molecule has 45 heavy (non-hydrogen) atoms. The van der Waals surface area contributed by atoms with Gasteiger partial charge in [0.1, 0.15) is 36.2 Å². The van der Waals surface area contributed by atoms with Crippen molar-refractivity contribution < 1.29 is 34.2 Å². The van der Waals surface area contributed by atoms with Gasteiger partial charge in [-0.15, -0.1) is 0 Å². The van der Waals surface area contributed by atoms with Crippen LogP contribution in [0.3, 0.4) is 0 Å². The van der Waals surface area contributed by atoms with Crippen LogP contribution in [0.1, 0.15) is 58.9 Å². The highest BCUT2D eigenvalue weighted by Gasteiger charge is 2.31. The summed E-state index contributed by atoms with van der Waals surface area (Å²) in [6, 6.07) is 0.671. The van der Waals surface area contributed by atoms with Crippen LogP contribution in [0.25, 0.3) is 0 Å². The zero-order chi connectivity index (χ0) is 34.1. The SMILES string of the molecule is CC(C)C[C@H](NC(=O)[C@@H](CC(C)C)NC(=O)[C@H](Cc1ccc(O)cc1)NC(=O)[C@@H](N)CO)C(=O)N[C@H](C=O)CCCN=C(N)N. The fraction of sp³-hybridized carbons (Fsp3) is 0.600. The Hall–Kier alpha value is -4.24. The summed E-state index contributed by atoms with van der Waals surface area (Å²) in [5, 5.41) is 29.5. The third kappa shape index (κ3) is 15.4. The summed E-state index contributed by atoms with van der Waals surface area (Å²) in [6.07, 6.45) is 1.81. The van der Waals surface area contributed by atoms with E-state index in [0.717, 1.165) is 0 Å². The van der Waals surface area contributed by atoms with Gasteiger partial charge in [0, 0.05) is 13.0 Å². The van der Waals surface area contributed by atoms with Gasteiger partial charge in [-0.25, -0.2) is 0 Å². The molecule has 252 valence electrons. The first-order valence-corrected chi connectivity index (χ1v) is 15.0. The van der Waals surface area contributed by atoms with Crippen LogP contribution in [0.4, 0.5) is 0 Å². The second-order valence-electron chi connectivity index (χ2n) is 11.8. The highest BCUT2D eigenvalue weighted by molar-refractivity contribution is 5.95. The minimum absolute atomic E-state index is 0.000663. The van der Waals surface area contributed by atoms with Crippen molar-refractivity contribution in [2.24, 2.45) is 34.0 Å². The number of aliphatic hydroxyl groups is 1. The van der Waals surface area contributed by atoms with Gasteiger partial charge in [0.15, 0.2) is 5.96 Å². The van der Waals surface area contributed by atoms with Crippen molar-refractivity contribution in [2.45, 2.75) is 90.0 Å². The minimum Gasteiger partial charge on any atom is -0.508 e. The zero-order valence-electron chi connectivity index (χ0n) is 26.5. The van der Waals surface area contributed by atoms with Crippen molar-refractivity contribution in [3.05, 3.63) is 29.8 Å². The number of nitrogens with one attached hydrogen (secondary N) is 4. The van der Waals surface area contributed by atoms with Crippen LogP contribution >= 0.6 is 0 Å². The molecule has 0 unspecified atom stereocenters. The van der Waals surface area contributed by atoms with Crippen LogP contribution in [-0.2, 0) is 30.4 Å². The maximum absolute atomic E-state index is 13.6. The lowest BCUT2D eigenvalue weighted by molar-refractivity contribution is -0.134.